The maximum absolute atomic E-state index is 5.50. The minimum atomic E-state index is 0.565. The van der Waals surface area contributed by atoms with E-state index < -0.39 is 0 Å². The van der Waals surface area contributed by atoms with Gasteiger partial charge in [-0.1, -0.05) is 19.4 Å². The molecule has 0 fully saturated rings. The Labute approximate surface area is 124 Å². The van der Waals surface area contributed by atoms with Crippen LogP contribution in [0.5, 0.6) is 11.5 Å². The zero-order valence-electron chi connectivity index (χ0n) is 12.3. The van der Waals surface area contributed by atoms with Gasteiger partial charge in [-0.3, -0.25) is 0 Å². The summed E-state index contributed by atoms with van der Waals surface area (Å²) in [5.74, 6) is 1.69. The smallest absolute Gasteiger partial charge is 0.139 e. The zero-order valence-corrected chi connectivity index (χ0v) is 13.8. The highest BCUT2D eigenvalue weighted by Crippen LogP contribution is 2.37. The molecule has 1 unspecified atom stereocenters. The Kier molecular flexibility index (Phi) is 7.24. The van der Waals surface area contributed by atoms with Crippen molar-refractivity contribution in [2.75, 3.05) is 21.3 Å². The Morgan fingerprint density at radius 1 is 1.21 bits per heavy atom. The summed E-state index contributed by atoms with van der Waals surface area (Å²) in [6, 6.07) is 4.63. The van der Waals surface area contributed by atoms with Crippen LogP contribution in [0.25, 0.3) is 0 Å². The van der Waals surface area contributed by atoms with E-state index in [0.29, 0.717) is 6.04 Å². The molecule has 1 N–H and O–H groups in total. The molecule has 19 heavy (non-hydrogen) atoms. The van der Waals surface area contributed by atoms with Gasteiger partial charge in [-0.15, -0.1) is 0 Å². The van der Waals surface area contributed by atoms with Crippen molar-refractivity contribution in [2.24, 2.45) is 0 Å². The van der Waals surface area contributed by atoms with E-state index >= 15 is 0 Å². The predicted octanol–water partition coefficient (Wildman–Crippen LogP) is 3.79. The predicted molar refractivity (Wildman–Crippen MR) is 83.3 cm³/mol. The lowest BCUT2D eigenvalue weighted by atomic mass is 10.0. The molecule has 0 aliphatic rings. The molecule has 1 aromatic rings. The van der Waals surface area contributed by atoms with E-state index in [0.717, 1.165) is 28.8 Å². The van der Waals surface area contributed by atoms with Gasteiger partial charge in [0.2, 0.25) is 0 Å². The second-order valence-electron chi connectivity index (χ2n) is 4.59. The Morgan fingerprint density at radius 2 is 1.95 bits per heavy atom. The van der Waals surface area contributed by atoms with E-state index in [-0.39, 0.29) is 0 Å². The standard InChI is InChI=1S/C15H24BrNO2/c1-5-6-12(17-2)9-7-11-8-10-13(18-3)14(16)15(11)19-4/h8,10,12,17H,5-7,9H2,1-4H3. The molecule has 0 saturated carbocycles. The molecule has 0 aliphatic heterocycles. The number of hydrogen-bond donors (Lipinski definition) is 1. The zero-order chi connectivity index (χ0) is 14.3. The van der Waals surface area contributed by atoms with E-state index in [1.54, 1.807) is 14.2 Å². The fourth-order valence-corrected chi connectivity index (χ4v) is 2.97. The summed E-state index contributed by atoms with van der Waals surface area (Å²) in [7, 11) is 5.39. The van der Waals surface area contributed by atoms with Crippen LogP contribution in [0.2, 0.25) is 0 Å². The van der Waals surface area contributed by atoms with Crippen LogP contribution in [-0.2, 0) is 6.42 Å². The van der Waals surface area contributed by atoms with Crippen molar-refractivity contribution in [1.29, 1.82) is 0 Å². The number of nitrogens with one attached hydrogen (secondary N) is 1. The molecule has 0 heterocycles. The lowest BCUT2D eigenvalue weighted by molar-refractivity contribution is 0.384. The van der Waals surface area contributed by atoms with E-state index in [1.807, 2.05) is 13.1 Å². The van der Waals surface area contributed by atoms with Crippen LogP contribution in [0.15, 0.2) is 16.6 Å². The number of aryl methyl sites for hydroxylation is 1. The summed E-state index contributed by atoms with van der Waals surface area (Å²) < 4.78 is 11.7. The Bertz CT molecular complexity index is 396. The number of ether oxygens (including phenoxy) is 2. The highest BCUT2D eigenvalue weighted by Gasteiger charge is 2.14. The van der Waals surface area contributed by atoms with Gasteiger partial charge in [-0.2, -0.15) is 0 Å². The number of rotatable bonds is 8. The van der Waals surface area contributed by atoms with Gasteiger partial charge in [0.05, 0.1) is 14.2 Å². The highest BCUT2D eigenvalue weighted by atomic mass is 79.9. The van der Waals surface area contributed by atoms with E-state index in [1.165, 1.54) is 18.4 Å². The van der Waals surface area contributed by atoms with Crippen LogP contribution < -0.4 is 14.8 Å². The average molecular weight is 330 g/mol. The van der Waals surface area contributed by atoms with Crippen molar-refractivity contribution in [1.82, 2.24) is 5.32 Å². The third kappa shape index (κ3) is 4.39. The molecular formula is C15H24BrNO2. The summed E-state index contributed by atoms with van der Waals surface area (Å²) in [6.45, 7) is 2.22. The number of halogens is 1. The first kappa shape index (κ1) is 16.3. The molecule has 108 valence electrons. The molecule has 0 aromatic heterocycles. The molecule has 0 bridgehead atoms. The first-order valence-electron chi connectivity index (χ1n) is 6.74. The Balaban J connectivity index is 2.80. The lowest BCUT2D eigenvalue weighted by Gasteiger charge is -2.17. The van der Waals surface area contributed by atoms with Crippen LogP contribution in [-0.4, -0.2) is 27.3 Å². The first-order chi connectivity index (χ1) is 9.17. The number of benzene rings is 1. The van der Waals surface area contributed by atoms with Gasteiger partial charge >= 0.3 is 0 Å². The van der Waals surface area contributed by atoms with Gasteiger partial charge in [0.15, 0.2) is 0 Å². The maximum Gasteiger partial charge on any atom is 0.139 e. The summed E-state index contributed by atoms with van der Waals surface area (Å²) in [5, 5.41) is 3.37. The van der Waals surface area contributed by atoms with Crippen molar-refractivity contribution >= 4 is 15.9 Å². The van der Waals surface area contributed by atoms with Crippen LogP contribution >= 0.6 is 15.9 Å². The fourth-order valence-electron chi connectivity index (χ4n) is 2.26. The average Bonchev–Trinajstić information content (AvgIpc) is 2.43. The van der Waals surface area contributed by atoms with Gasteiger partial charge in [0.1, 0.15) is 16.0 Å². The Morgan fingerprint density at radius 3 is 2.47 bits per heavy atom. The topological polar surface area (TPSA) is 30.5 Å². The van der Waals surface area contributed by atoms with Crippen LogP contribution in [0.4, 0.5) is 0 Å². The third-order valence-electron chi connectivity index (χ3n) is 3.37. The molecule has 0 radical (unpaired) electrons. The van der Waals surface area contributed by atoms with E-state index in [4.69, 9.17) is 9.47 Å². The molecule has 3 nitrogen and oxygen atoms in total. The fraction of sp³-hybridized carbons (Fsp3) is 0.600. The maximum atomic E-state index is 5.50. The summed E-state index contributed by atoms with van der Waals surface area (Å²) in [4.78, 5) is 0. The van der Waals surface area contributed by atoms with Gasteiger partial charge in [-0.25, -0.2) is 0 Å². The van der Waals surface area contributed by atoms with Gasteiger partial charge in [0.25, 0.3) is 0 Å². The summed E-state index contributed by atoms with van der Waals surface area (Å²) in [6.07, 6.45) is 4.52. The van der Waals surface area contributed by atoms with Crippen molar-refractivity contribution in [3.63, 3.8) is 0 Å². The van der Waals surface area contributed by atoms with Crippen LogP contribution in [0.1, 0.15) is 31.7 Å². The van der Waals surface area contributed by atoms with Crippen molar-refractivity contribution in [2.45, 2.75) is 38.6 Å². The van der Waals surface area contributed by atoms with Gasteiger partial charge in [-0.05, 0) is 53.9 Å². The number of hydrogen-bond acceptors (Lipinski definition) is 3. The first-order valence-corrected chi connectivity index (χ1v) is 7.53. The molecule has 0 aliphatic carbocycles. The highest BCUT2D eigenvalue weighted by molar-refractivity contribution is 9.10. The molecule has 4 heteroatoms. The van der Waals surface area contributed by atoms with E-state index in [9.17, 15) is 0 Å². The van der Waals surface area contributed by atoms with Gasteiger partial charge in [0, 0.05) is 6.04 Å². The SMILES string of the molecule is CCCC(CCc1ccc(OC)c(Br)c1OC)NC. The molecule has 0 amide bonds. The van der Waals surface area contributed by atoms with Crippen molar-refractivity contribution in [3.05, 3.63) is 22.2 Å². The monoisotopic (exact) mass is 329 g/mol. The quantitative estimate of drug-likeness (QED) is 0.787. The lowest BCUT2D eigenvalue weighted by Crippen LogP contribution is -2.25. The largest absolute Gasteiger partial charge is 0.495 e. The minimum Gasteiger partial charge on any atom is -0.495 e. The molecule has 1 rings (SSSR count). The molecule has 1 aromatic carbocycles. The molecule has 0 saturated heterocycles. The van der Waals surface area contributed by atoms with Gasteiger partial charge < -0.3 is 14.8 Å². The number of methoxy groups -OCH3 is 2. The van der Waals surface area contributed by atoms with Crippen LogP contribution in [0.3, 0.4) is 0 Å². The van der Waals surface area contributed by atoms with Crippen molar-refractivity contribution < 1.29 is 9.47 Å². The van der Waals surface area contributed by atoms with Crippen LogP contribution in [0, 0.1) is 0 Å². The third-order valence-corrected chi connectivity index (χ3v) is 4.13. The second-order valence-corrected chi connectivity index (χ2v) is 5.38. The van der Waals surface area contributed by atoms with E-state index in [2.05, 4.69) is 34.2 Å². The normalized spacial score (nSPS) is 12.3. The Hall–Kier alpha value is -0.740. The minimum absolute atomic E-state index is 0.565. The summed E-state index contributed by atoms with van der Waals surface area (Å²) >= 11 is 3.54. The summed E-state index contributed by atoms with van der Waals surface area (Å²) in [5.41, 5.74) is 1.21. The second kappa shape index (κ2) is 8.43. The molecular weight excluding hydrogens is 306 g/mol. The molecule has 0 spiro atoms. The molecule has 1 atom stereocenters. The van der Waals surface area contributed by atoms with Crippen molar-refractivity contribution in [3.8, 4) is 11.5 Å².